The molecule has 1 spiro atoms. The van der Waals surface area contributed by atoms with Crippen molar-refractivity contribution in [1.29, 1.82) is 5.26 Å². The second kappa shape index (κ2) is 8.94. The molecule has 3 aliphatic rings. The standard InChI is InChI=1S/C26H29N3O5S/c1-2-35(31,32)26(17-33-18-26)20-4-6-21(7-5-20)34-14-13-29-11-9-25(10-12-29)22-15-19(16-27)3-8-23(22)28-24(25)30/h3-8,15H,2,9-14,17-18H2,1H3,(H,28,30). The first-order valence-electron chi connectivity index (χ1n) is 12.0. The van der Waals surface area contributed by atoms with Gasteiger partial charge < -0.3 is 14.8 Å². The second-order valence-electron chi connectivity index (χ2n) is 9.51. The third kappa shape index (κ3) is 3.90. The number of carbonyl (C=O) groups excluding carboxylic acids is 1. The molecule has 2 aromatic carbocycles. The molecule has 0 saturated carbocycles. The van der Waals surface area contributed by atoms with Gasteiger partial charge in [0.25, 0.3) is 0 Å². The minimum atomic E-state index is -3.27. The van der Waals surface area contributed by atoms with E-state index in [1.54, 1.807) is 13.0 Å². The summed E-state index contributed by atoms with van der Waals surface area (Å²) in [6.45, 7) is 4.81. The fraction of sp³-hybridized carbons (Fsp3) is 0.462. The fourth-order valence-corrected chi connectivity index (χ4v) is 6.95. The summed E-state index contributed by atoms with van der Waals surface area (Å²) in [5, 5.41) is 12.3. The summed E-state index contributed by atoms with van der Waals surface area (Å²) in [5.41, 5.74) is 2.52. The van der Waals surface area contributed by atoms with Gasteiger partial charge in [0.15, 0.2) is 9.84 Å². The third-order valence-electron chi connectivity index (χ3n) is 7.76. The predicted octanol–water partition coefficient (Wildman–Crippen LogP) is 2.58. The lowest BCUT2D eigenvalue weighted by atomic mass is 9.73. The molecule has 0 radical (unpaired) electrons. The van der Waals surface area contributed by atoms with Gasteiger partial charge in [-0.2, -0.15) is 5.26 Å². The maximum Gasteiger partial charge on any atom is 0.235 e. The number of hydrogen-bond acceptors (Lipinski definition) is 7. The highest BCUT2D eigenvalue weighted by Gasteiger charge is 2.51. The van der Waals surface area contributed by atoms with Gasteiger partial charge in [-0.25, -0.2) is 8.42 Å². The Morgan fingerprint density at radius 2 is 1.86 bits per heavy atom. The lowest BCUT2D eigenvalue weighted by Gasteiger charge is -2.40. The lowest BCUT2D eigenvalue weighted by molar-refractivity contribution is -0.122. The van der Waals surface area contributed by atoms with Crippen LogP contribution in [-0.2, 0) is 29.5 Å². The van der Waals surface area contributed by atoms with Gasteiger partial charge in [-0.3, -0.25) is 9.69 Å². The van der Waals surface area contributed by atoms with Crippen LogP contribution in [0.15, 0.2) is 42.5 Å². The Kier molecular flexibility index (Phi) is 6.08. The first-order chi connectivity index (χ1) is 16.8. The minimum Gasteiger partial charge on any atom is -0.492 e. The molecule has 1 amide bonds. The number of benzene rings is 2. The molecule has 3 aliphatic heterocycles. The molecule has 9 heteroatoms. The maximum absolute atomic E-state index is 12.8. The summed E-state index contributed by atoms with van der Waals surface area (Å²) in [4.78, 5) is 15.1. The van der Waals surface area contributed by atoms with E-state index in [4.69, 9.17) is 9.47 Å². The van der Waals surface area contributed by atoms with Crippen LogP contribution in [0.4, 0.5) is 5.69 Å². The summed E-state index contributed by atoms with van der Waals surface area (Å²) in [7, 11) is -3.27. The quantitative estimate of drug-likeness (QED) is 0.629. The summed E-state index contributed by atoms with van der Waals surface area (Å²) in [6, 6.07) is 14.9. The van der Waals surface area contributed by atoms with Crippen LogP contribution in [0.2, 0.25) is 0 Å². The van der Waals surface area contributed by atoms with Crippen LogP contribution in [0.5, 0.6) is 5.75 Å². The highest BCUT2D eigenvalue weighted by molar-refractivity contribution is 7.92. The SMILES string of the molecule is CCS(=O)(=O)C1(c2ccc(OCCN3CCC4(CC3)C(=O)Nc3ccc(C#N)cc34)cc2)COC1. The van der Waals surface area contributed by atoms with E-state index in [1.807, 2.05) is 36.4 Å². The van der Waals surface area contributed by atoms with Crippen LogP contribution in [-0.4, -0.2) is 64.4 Å². The highest BCUT2D eigenvalue weighted by Crippen LogP contribution is 2.45. The van der Waals surface area contributed by atoms with Crippen LogP contribution in [0.25, 0.3) is 0 Å². The predicted molar refractivity (Wildman–Crippen MR) is 131 cm³/mol. The molecule has 0 unspecified atom stereocenters. The fourth-order valence-electron chi connectivity index (χ4n) is 5.37. The number of amides is 1. The lowest BCUT2D eigenvalue weighted by Crippen LogP contribution is -2.53. The van der Waals surface area contributed by atoms with Crippen molar-refractivity contribution in [2.45, 2.75) is 29.9 Å². The van der Waals surface area contributed by atoms with E-state index in [1.165, 1.54) is 0 Å². The summed E-state index contributed by atoms with van der Waals surface area (Å²) in [6.07, 6.45) is 1.40. The Morgan fingerprint density at radius 1 is 1.14 bits per heavy atom. The van der Waals surface area contributed by atoms with Gasteiger partial charge in [0.05, 0.1) is 30.3 Å². The summed E-state index contributed by atoms with van der Waals surface area (Å²) >= 11 is 0. The number of nitriles is 1. The molecule has 0 aromatic heterocycles. The number of anilines is 1. The Balaban J connectivity index is 1.16. The summed E-state index contributed by atoms with van der Waals surface area (Å²) in [5.74, 6) is 0.802. The van der Waals surface area contributed by atoms with Gasteiger partial charge in [0.2, 0.25) is 5.91 Å². The Bertz CT molecular complexity index is 1270. The zero-order valence-corrected chi connectivity index (χ0v) is 20.6. The van der Waals surface area contributed by atoms with Crippen molar-refractivity contribution >= 4 is 21.4 Å². The van der Waals surface area contributed by atoms with Gasteiger partial charge in [0.1, 0.15) is 17.1 Å². The van der Waals surface area contributed by atoms with E-state index in [2.05, 4.69) is 16.3 Å². The van der Waals surface area contributed by atoms with Crippen molar-refractivity contribution in [2.24, 2.45) is 0 Å². The number of rotatable bonds is 7. The largest absolute Gasteiger partial charge is 0.492 e. The summed E-state index contributed by atoms with van der Waals surface area (Å²) < 4.78 is 35.4. The van der Waals surface area contributed by atoms with Crippen LogP contribution >= 0.6 is 0 Å². The van der Waals surface area contributed by atoms with Crippen LogP contribution in [0.3, 0.4) is 0 Å². The molecule has 0 bridgehead atoms. The molecule has 3 heterocycles. The van der Waals surface area contributed by atoms with E-state index < -0.39 is 20.0 Å². The first-order valence-corrected chi connectivity index (χ1v) is 13.6. The van der Waals surface area contributed by atoms with Crippen LogP contribution in [0, 0.1) is 11.3 Å². The van der Waals surface area contributed by atoms with Gasteiger partial charge in [-0.05, 0) is 67.4 Å². The molecule has 35 heavy (non-hydrogen) atoms. The van der Waals surface area contributed by atoms with Crippen LogP contribution in [0.1, 0.15) is 36.5 Å². The van der Waals surface area contributed by atoms with Crippen molar-refractivity contribution < 1.29 is 22.7 Å². The van der Waals surface area contributed by atoms with Crippen molar-refractivity contribution in [2.75, 3.05) is 50.5 Å². The number of fused-ring (bicyclic) bond motifs is 2. The molecule has 2 fully saturated rings. The number of likely N-dealkylation sites (tertiary alicyclic amines) is 1. The molecule has 184 valence electrons. The molecule has 2 aromatic rings. The van der Waals surface area contributed by atoms with Crippen molar-refractivity contribution in [3.05, 3.63) is 59.2 Å². The topological polar surface area (TPSA) is 109 Å². The number of piperidine rings is 1. The zero-order valence-electron chi connectivity index (χ0n) is 19.7. The molecule has 0 aliphatic carbocycles. The monoisotopic (exact) mass is 495 g/mol. The zero-order chi connectivity index (χ0) is 24.7. The number of ether oxygens (including phenoxy) is 2. The molecular formula is C26H29N3O5S. The number of hydrogen-bond donors (Lipinski definition) is 1. The van der Waals surface area contributed by atoms with Gasteiger partial charge in [-0.15, -0.1) is 0 Å². The van der Waals surface area contributed by atoms with Crippen molar-refractivity contribution in [3.63, 3.8) is 0 Å². The first kappa shape index (κ1) is 23.8. The van der Waals surface area contributed by atoms with Crippen LogP contribution < -0.4 is 10.1 Å². The third-order valence-corrected chi connectivity index (χ3v) is 10.2. The molecule has 2 saturated heterocycles. The second-order valence-corrected chi connectivity index (χ2v) is 12.1. The van der Waals surface area contributed by atoms with Gasteiger partial charge in [0, 0.05) is 18.0 Å². The highest BCUT2D eigenvalue weighted by atomic mass is 32.2. The van der Waals surface area contributed by atoms with Crippen molar-refractivity contribution in [3.8, 4) is 11.8 Å². The van der Waals surface area contributed by atoms with E-state index in [0.29, 0.717) is 30.8 Å². The Hall–Kier alpha value is -2.93. The molecule has 0 atom stereocenters. The van der Waals surface area contributed by atoms with Gasteiger partial charge in [-0.1, -0.05) is 19.1 Å². The normalized spacial score (nSPS) is 20.5. The minimum absolute atomic E-state index is 0.0262. The average Bonchev–Trinajstić information content (AvgIpc) is 3.10. The maximum atomic E-state index is 12.8. The van der Waals surface area contributed by atoms with E-state index in [9.17, 15) is 18.5 Å². The molecule has 8 nitrogen and oxygen atoms in total. The van der Waals surface area contributed by atoms with E-state index in [0.717, 1.165) is 36.4 Å². The van der Waals surface area contributed by atoms with Crippen molar-refractivity contribution in [1.82, 2.24) is 4.90 Å². The van der Waals surface area contributed by atoms with Gasteiger partial charge >= 0.3 is 0 Å². The van der Waals surface area contributed by atoms with E-state index in [-0.39, 0.29) is 24.9 Å². The Labute approximate surface area is 205 Å². The number of nitrogens with one attached hydrogen (secondary N) is 1. The van der Waals surface area contributed by atoms with E-state index >= 15 is 0 Å². The smallest absolute Gasteiger partial charge is 0.235 e. The Morgan fingerprint density at radius 3 is 2.46 bits per heavy atom. The number of carbonyl (C=O) groups is 1. The molecule has 1 N–H and O–H groups in total. The average molecular weight is 496 g/mol. The molecule has 5 rings (SSSR count). The number of sulfone groups is 1. The number of nitrogens with zero attached hydrogens (tertiary/aromatic N) is 2. The molecular weight excluding hydrogens is 466 g/mol.